The van der Waals surface area contributed by atoms with Gasteiger partial charge in [-0.3, -0.25) is 4.79 Å². The molecule has 0 saturated heterocycles. The fourth-order valence-electron chi connectivity index (χ4n) is 2.32. The standard InChI is InChI=1S/C16H22Cl2N2O/c1-16(2,8-12-5-6-13(17)7-14(12)18)20-15(21)10-19-9-11-3-4-11/h5-7,11,19H,3-4,8-10H2,1-2H3,(H,20,21). The van der Waals surface area contributed by atoms with E-state index in [9.17, 15) is 4.79 Å². The molecule has 1 aromatic carbocycles. The predicted molar refractivity (Wildman–Crippen MR) is 88.0 cm³/mol. The second-order valence-electron chi connectivity index (χ2n) is 6.42. The molecule has 0 unspecified atom stereocenters. The molecule has 1 aliphatic carbocycles. The minimum atomic E-state index is -0.351. The summed E-state index contributed by atoms with van der Waals surface area (Å²) in [5.74, 6) is 0.796. The molecule has 0 aromatic heterocycles. The predicted octanol–water partition coefficient (Wildman–Crippen LogP) is 3.43. The van der Waals surface area contributed by atoms with E-state index in [1.54, 1.807) is 6.07 Å². The first kappa shape index (κ1) is 16.6. The van der Waals surface area contributed by atoms with Gasteiger partial charge in [0.1, 0.15) is 0 Å². The first-order valence-corrected chi connectivity index (χ1v) is 8.07. The molecule has 3 nitrogen and oxygen atoms in total. The van der Waals surface area contributed by atoms with E-state index in [2.05, 4.69) is 10.6 Å². The van der Waals surface area contributed by atoms with Crippen LogP contribution in [0.3, 0.4) is 0 Å². The Morgan fingerprint density at radius 3 is 2.67 bits per heavy atom. The third-order valence-corrected chi connectivity index (χ3v) is 4.13. The van der Waals surface area contributed by atoms with Crippen LogP contribution in [0.1, 0.15) is 32.3 Å². The summed E-state index contributed by atoms with van der Waals surface area (Å²) < 4.78 is 0. The van der Waals surface area contributed by atoms with Gasteiger partial charge in [-0.15, -0.1) is 0 Å². The van der Waals surface area contributed by atoms with Crippen molar-refractivity contribution in [2.24, 2.45) is 5.92 Å². The van der Waals surface area contributed by atoms with Crippen LogP contribution in [-0.2, 0) is 11.2 Å². The minimum absolute atomic E-state index is 0.0192. The van der Waals surface area contributed by atoms with Crippen LogP contribution in [-0.4, -0.2) is 24.5 Å². The number of amides is 1. The lowest BCUT2D eigenvalue weighted by molar-refractivity contribution is -0.121. The van der Waals surface area contributed by atoms with E-state index in [1.165, 1.54) is 12.8 Å². The van der Waals surface area contributed by atoms with Gasteiger partial charge in [0.2, 0.25) is 5.91 Å². The van der Waals surface area contributed by atoms with Crippen molar-refractivity contribution in [3.8, 4) is 0 Å². The second kappa shape index (κ2) is 6.99. The summed E-state index contributed by atoms with van der Waals surface area (Å²) >= 11 is 12.1. The van der Waals surface area contributed by atoms with Crippen LogP contribution in [0, 0.1) is 5.92 Å². The maximum atomic E-state index is 12.0. The van der Waals surface area contributed by atoms with Gasteiger partial charge < -0.3 is 10.6 Å². The van der Waals surface area contributed by atoms with Crippen molar-refractivity contribution < 1.29 is 4.79 Å². The number of benzene rings is 1. The molecular weight excluding hydrogens is 307 g/mol. The Hall–Kier alpha value is -0.770. The fraction of sp³-hybridized carbons (Fsp3) is 0.562. The molecular formula is C16H22Cl2N2O. The molecule has 1 fully saturated rings. The molecule has 0 spiro atoms. The first-order valence-electron chi connectivity index (χ1n) is 7.31. The molecule has 0 aliphatic heterocycles. The summed E-state index contributed by atoms with van der Waals surface area (Å²) in [7, 11) is 0. The monoisotopic (exact) mass is 328 g/mol. The Morgan fingerprint density at radius 1 is 1.33 bits per heavy atom. The van der Waals surface area contributed by atoms with Crippen molar-refractivity contribution in [3.63, 3.8) is 0 Å². The average molecular weight is 329 g/mol. The molecule has 2 rings (SSSR count). The van der Waals surface area contributed by atoms with Crippen LogP contribution in [0.15, 0.2) is 18.2 Å². The van der Waals surface area contributed by atoms with Crippen molar-refractivity contribution in [1.82, 2.24) is 10.6 Å². The number of hydrogen-bond acceptors (Lipinski definition) is 2. The van der Waals surface area contributed by atoms with Gasteiger partial charge in [0.05, 0.1) is 6.54 Å². The summed E-state index contributed by atoms with van der Waals surface area (Å²) in [5.41, 5.74) is 0.632. The van der Waals surface area contributed by atoms with Crippen molar-refractivity contribution >= 4 is 29.1 Å². The third-order valence-electron chi connectivity index (χ3n) is 3.54. The molecule has 1 amide bonds. The molecule has 0 radical (unpaired) electrons. The van der Waals surface area contributed by atoms with E-state index < -0.39 is 0 Å². The number of carbonyl (C=O) groups excluding carboxylic acids is 1. The van der Waals surface area contributed by atoms with Gasteiger partial charge in [0.15, 0.2) is 0 Å². The van der Waals surface area contributed by atoms with Crippen LogP contribution in [0.5, 0.6) is 0 Å². The molecule has 2 N–H and O–H groups in total. The highest BCUT2D eigenvalue weighted by Crippen LogP contribution is 2.27. The SMILES string of the molecule is CC(C)(Cc1ccc(Cl)cc1Cl)NC(=O)CNCC1CC1. The molecule has 116 valence electrons. The number of halogens is 2. The zero-order valence-electron chi connectivity index (χ0n) is 12.5. The van der Waals surface area contributed by atoms with Crippen LogP contribution < -0.4 is 10.6 Å². The Morgan fingerprint density at radius 2 is 2.05 bits per heavy atom. The van der Waals surface area contributed by atoms with Crippen LogP contribution in [0.4, 0.5) is 0 Å². The highest BCUT2D eigenvalue weighted by Gasteiger charge is 2.23. The van der Waals surface area contributed by atoms with Gasteiger partial charge in [-0.2, -0.15) is 0 Å². The number of hydrogen-bond donors (Lipinski definition) is 2. The third kappa shape index (κ3) is 5.85. The topological polar surface area (TPSA) is 41.1 Å². The van der Waals surface area contributed by atoms with Crippen molar-refractivity contribution in [2.45, 2.75) is 38.6 Å². The van der Waals surface area contributed by atoms with Crippen LogP contribution >= 0.6 is 23.2 Å². The zero-order chi connectivity index (χ0) is 15.5. The quantitative estimate of drug-likeness (QED) is 0.805. The Labute approximate surface area is 136 Å². The van der Waals surface area contributed by atoms with Crippen molar-refractivity contribution in [2.75, 3.05) is 13.1 Å². The van der Waals surface area contributed by atoms with Gasteiger partial charge in [-0.05, 0) is 63.3 Å². The smallest absolute Gasteiger partial charge is 0.234 e. The highest BCUT2D eigenvalue weighted by atomic mass is 35.5. The lowest BCUT2D eigenvalue weighted by Crippen LogP contribution is -2.48. The van der Waals surface area contributed by atoms with E-state index in [-0.39, 0.29) is 11.4 Å². The molecule has 21 heavy (non-hydrogen) atoms. The minimum Gasteiger partial charge on any atom is -0.350 e. The molecule has 1 aliphatic rings. The average Bonchev–Trinajstić information content (AvgIpc) is 3.16. The summed E-state index contributed by atoms with van der Waals surface area (Å²) in [4.78, 5) is 12.0. The number of carbonyl (C=O) groups is 1. The fourth-order valence-corrected chi connectivity index (χ4v) is 2.79. The lowest BCUT2D eigenvalue weighted by Gasteiger charge is -2.27. The summed E-state index contributed by atoms with van der Waals surface area (Å²) in [6.45, 7) is 5.30. The van der Waals surface area contributed by atoms with Crippen LogP contribution in [0.25, 0.3) is 0 Å². The van der Waals surface area contributed by atoms with E-state index in [0.29, 0.717) is 23.0 Å². The number of rotatable bonds is 7. The van der Waals surface area contributed by atoms with Gasteiger partial charge in [0, 0.05) is 15.6 Å². The molecule has 5 heteroatoms. The molecule has 0 heterocycles. The van der Waals surface area contributed by atoms with E-state index in [4.69, 9.17) is 23.2 Å². The van der Waals surface area contributed by atoms with Gasteiger partial charge in [0.25, 0.3) is 0 Å². The van der Waals surface area contributed by atoms with Crippen molar-refractivity contribution in [3.05, 3.63) is 33.8 Å². The Bertz CT molecular complexity index is 513. The Kier molecular flexibility index (Phi) is 5.53. The second-order valence-corrected chi connectivity index (χ2v) is 7.26. The molecule has 0 atom stereocenters. The molecule has 0 bridgehead atoms. The number of nitrogens with one attached hydrogen (secondary N) is 2. The van der Waals surface area contributed by atoms with E-state index in [1.807, 2.05) is 26.0 Å². The maximum Gasteiger partial charge on any atom is 0.234 e. The summed E-state index contributed by atoms with van der Waals surface area (Å²) in [6.07, 6.45) is 3.24. The van der Waals surface area contributed by atoms with E-state index >= 15 is 0 Å². The van der Waals surface area contributed by atoms with Gasteiger partial charge in [-0.1, -0.05) is 29.3 Å². The largest absolute Gasteiger partial charge is 0.350 e. The molecule has 1 aromatic rings. The van der Waals surface area contributed by atoms with Gasteiger partial charge in [-0.25, -0.2) is 0 Å². The maximum absolute atomic E-state index is 12.0. The summed E-state index contributed by atoms with van der Waals surface area (Å²) in [5, 5.41) is 7.50. The van der Waals surface area contributed by atoms with Crippen molar-refractivity contribution in [1.29, 1.82) is 0 Å². The lowest BCUT2D eigenvalue weighted by atomic mass is 9.95. The van der Waals surface area contributed by atoms with E-state index in [0.717, 1.165) is 18.0 Å². The van der Waals surface area contributed by atoms with Crippen LogP contribution in [0.2, 0.25) is 10.0 Å². The molecule has 1 saturated carbocycles. The highest BCUT2D eigenvalue weighted by molar-refractivity contribution is 6.35. The van der Waals surface area contributed by atoms with Gasteiger partial charge >= 0.3 is 0 Å². The zero-order valence-corrected chi connectivity index (χ0v) is 14.0. The first-order chi connectivity index (χ1) is 9.85. The summed E-state index contributed by atoms with van der Waals surface area (Å²) in [6, 6.07) is 5.45. The Balaban J connectivity index is 1.83. The normalized spacial score (nSPS) is 15.0.